The Kier molecular flexibility index (Phi) is 2.84. The van der Waals surface area contributed by atoms with Crippen molar-refractivity contribution in [1.29, 1.82) is 0 Å². The van der Waals surface area contributed by atoms with Crippen LogP contribution < -0.4 is 0 Å². The van der Waals surface area contributed by atoms with Gasteiger partial charge in [0.2, 0.25) is 0 Å². The summed E-state index contributed by atoms with van der Waals surface area (Å²) in [6, 6.07) is 10.3. The standard InChI is InChI=1S/C13H7BrClFN2/c14-9-3-1-7(5-10(9)16)13-17-11-4-2-8(15)6-12(11)18-13/h1-6H,(H,17,18). The van der Waals surface area contributed by atoms with Gasteiger partial charge >= 0.3 is 0 Å². The molecule has 0 bridgehead atoms. The second-order valence-corrected chi connectivity index (χ2v) is 5.17. The molecule has 0 spiro atoms. The van der Waals surface area contributed by atoms with Gasteiger partial charge in [0.25, 0.3) is 0 Å². The van der Waals surface area contributed by atoms with Crippen molar-refractivity contribution in [2.75, 3.05) is 0 Å². The molecule has 0 amide bonds. The number of nitrogens with zero attached hydrogens (tertiary/aromatic N) is 1. The summed E-state index contributed by atoms with van der Waals surface area (Å²) in [6.07, 6.45) is 0. The number of fused-ring (bicyclic) bond motifs is 1. The summed E-state index contributed by atoms with van der Waals surface area (Å²) in [5.74, 6) is 0.310. The lowest BCUT2D eigenvalue weighted by molar-refractivity contribution is 0.621. The molecule has 0 aliphatic rings. The maximum Gasteiger partial charge on any atom is 0.138 e. The van der Waals surface area contributed by atoms with Gasteiger partial charge in [-0.1, -0.05) is 11.6 Å². The Balaban J connectivity index is 2.16. The molecule has 90 valence electrons. The number of aromatic nitrogens is 2. The molecule has 3 rings (SSSR count). The fraction of sp³-hybridized carbons (Fsp3) is 0. The fourth-order valence-electron chi connectivity index (χ4n) is 1.76. The first kappa shape index (κ1) is 11.7. The second kappa shape index (κ2) is 4.37. The van der Waals surface area contributed by atoms with E-state index in [1.807, 2.05) is 6.07 Å². The summed E-state index contributed by atoms with van der Waals surface area (Å²) in [6.45, 7) is 0. The van der Waals surface area contributed by atoms with Crippen molar-refractivity contribution < 1.29 is 4.39 Å². The second-order valence-electron chi connectivity index (χ2n) is 3.88. The van der Waals surface area contributed by atoms with Crippen molar-refractivity contribution in [2.45, 2.75) is 0 Å². The third-order valence-corrected chi connectivity index (χ3v) is 3.52. The van der Waals surface area contributed by atoms with Crippen molar-refractivity contribution in [3.8, 4) is 11.4 Å². The third-order valence-electron chi connectivity index (χ3n) is 2.64. The number of rotatable bonds is 1. The van der Waals surface area contributed by atoms with E-state index < -0.39 is 0 Å². The van der Waals surface area contributed by atoms with Crippen molar-refractivity contribution in [1.82, 2.24) is 9.97 Å². The fourth-order valence-corrected chi connectivity index (χ4v) is 2.18. The van der Waals surface area contributed by atoms with Crippen molar-refractivity contribution >= 4 is 38.6 Å². The zero-order chi connectivity index (χ0) is 12.7. The highest BCUT2D eigenvalue weighted by Gasteiger charge is 2.08. The van der Waals surface area contributed by atoms with Crippen LogP contribution in [0.2, 0.25) is 5.02 Å². The van der Waals surface area contributed by atoms with E-state index in [9.17, 15) is 4.39 Å². The highest BCUT2D eigenvalue weighted by atomic mass is 79.9. The maximum atomic E-state index is 13.5. The minimum absolute atomic E-state index is 0.314. The molecule has 2 aromatic carbocycles. The van der Waals surface area contributed by atoms with Crippen molar-refractivity contribution in [3.05, 3.63) is 51.7 Å². The predicted molar refractivity (Wildman–Crippen MR) is 74.2 cm³/mol. The first-order valence-corrected chi connectivity index (χ1v) is 6.41. The molecule has 18 heavy (non-hydrogen) atoms. The highest BCUT2D eigenvalue weighted by Crippen LogP contribution is 2.25. The molecule has 0 aliphatic heterocycles. The number of benzene rings is 2. The number of hydrogen-bond donors (Lipinski definition) is 1. The predicted octanol–water partition coefficient (Wildman–Crippen LogP) is 4.78. The molecule has 0 saturated carbocycles. The van der Waals surface area contributed by atoms with Gasteiger partial charge in [0.15, 0.2) is 0 Å². The quantitative estimate of drug-likeness (QED) is 0.685. The molecule has 1 heterocycles. The minimum atomic E-state index is -0.314. The van der Waals surface area contributed by atoms with Gasteiger partial charge in [-0.15, -0.1) is 0 Å². The first-order chi connectivity index (χ1) is 8.63. The Labute approximate surface area is 116 Å². The molecule has 1 N–H and O–H groups in total. The number of imidazole rings is 1. The Morgan fingerprint density at radius 1 is 1.17 bits per heavy atom. The van der Waals surface area contributed by atoms with Gasteiger partial charge in [-0.2, -0.15) is 0 Å². The van der Waals surface area contributed by atoms with Crippen molar-refractivity contribution in [2.24, 2.45) is 0 Å². The molecule has 0 radical (unpaired) electrons. The van der Waals surface area contributed by atoms with Gasteiger partial charge in [0, 0.05) is 10.6 Å². The molecule has 0 saturated heterocycles. The average molecular weight is 326 g/mol. The summed E-state index contributed by atoms with van der Waals surface area (Å²) in [4.78, 5) is 7.52. The van der Waals surface area contributed by atoms with Gasteiger partial charge < -0.3 is 4.98 Å². The van der Waals surface area contributed by atoms with E-state index >= 15 is 0 Å². The summed E-state index contributed by atoms with van der Waals surface area (Å²) in [5, 5.41) is 0.639. The molecule has 2 nitrogen and oxygen atoms in total. The lowest BCUT2D eigenvalue weighted by atomic mass is 10.2. The van der Waals surface area contributed by atoms with Crippen LogP contribution in [0.15, 0.2) is 40.9 Å². The molecule has 0 atom stereocenters. The van der Waals surface area contributed by atoms with Crippen LogP contribution in [0.3, 0.4) is 0 Å². The number of H-pyrrole nitrogens is 1. The number of halogens is 3. The van der Waals surface area contributed by atoms with Gasteiger partial charge in [-0.05, 0) is 52.3 Å². The minimum Gasteiger partial charge on any atom is -0.338 e. The van der Waals surface area contributed by atoms with E-state index in [1.165, 1.54) is 6.07 Å². The molecule has 3 aromatic rings. The Morgan fingerprint density at radius 2 is 2.00 bits per heavy atom. The molecular formula is C13H7BrClFN2. The van der Waals surface area contributed by atoms with Crippen LogP contribution in [-0.4, -0.2) is 9.97 Å². The normalized spacial score (nSPS) is 11.1. The van der Waals surface area contributed by atoms with Gasteiger partial charge in [0.05, 0.1) is 15.5 Å². The van der Waals surface area contributed by atoms with Gasteiger partial charge in [-0.3, -0.25) is 0 Å². The Bertz CT molecular complexity index is 739. The molecular weight excluding hydrogens is 319 g/mol. The summed E-state index contributed by atoms with van der Waals surface area (Å²) >= 11 is 9.03. The van der Waals surface area contributed by atoms with Crippen LogP contribution in [0, 0.1) is 5.82 Å². The van der Waals surface area contributed by atoms with Gasteiger partial charge in [0.1, 0.15) is 11.6 Å². The van der Waals surface area contributed by atoms with E-state index in [2.05, 4.69) is 25.9 Å². The number of nitrogens with one attached hydrogen (secondary N) is 1. The van der Waals surface area contributed by atoms with Crippen molar-refractivity contribution in [3.63, 3.8) is 0 Å². The van der Waals surface area contributed by atoms with Crippen LogP contribution in [-0.2, 0) is 0 Å². The van der Waals surface area contributed by atoms with E-state index in [4.69, 9.17) is 11.6 Å². The van der Waals surface area contributed by atoms with Crippen LogP contribution in [0.5, 0.6) is 0 Å². The highest BCUT2D eigenvalue weighted by molar-refractivity contribution is 9.10. The SMILES string of the molecule is Fc1cc(-c2nc3ccc(Cl)cc3[nH]2)ccc1Br. The lowest BCUT2D eigenvalue weighted by Gasteiger charge is -1.98. The van der Waals surface area contributed by atoms with Crippen LogP contribution in [0.25, 0.3) is 22.4 Å². The summed E-state index contributed by atoms with van der Waals surface area (Å²) in [5.41, 5.74) is 2.33. The zero-order valence-corrected chi connectivity index (χ0v) is 11.4. The lowest BCUT2D eigenvalue weighted by Crippen LogP contribution is -1.83. The molecule has 1 aromatic heterocycles. The molecule has 5 heteroatoms. The molecule has 0 unspecified atom stereocenters. The average Bonchev–Trinajstić information content (AvgIpc) is 2.75. The summed E-state index contributed by atoms with van der Waals surface area (Å²) < 4.78 is 13.9. The maximum absolute atomic E-state index is 13.5. The van der Waals surface area contributed by atoms with Crippen LogP contribution in [0.4, 0.5) is 4.39 Å². The van der Waals surface area contributed by atoms with E-state index in [0.717, 1.165) is 11.0 Å². The number of aromatic amines is 1. The van der Waals surface area contributed by atoms with Crippen LogP contribution in [0.1, 0.15) is 0 Å². The topological polar surface area (TPSA) is 28.7 Å². The largest absolute Gasteiger partial charge is 0.338 e. The van der Waals surface area contributed by atoms with E-state index in [-0.39, 0.29) is 5.82 Å². The van der Waals surface area contributed by atoms with E-state index in [1.54, 1.807) is 24.3 Å². The first-order valence-electron chi connectivity index (χ1n) is 5.24. The monoisotopic (exact) mass is 324 g/mol. The molecule has 0 aliphatic carbocycles. The van der Waals surface area contributed by atoms with Gasteiger partial charge in [-0.25, -0.2) is 9.37 Å². The zero-order valence-electron chi connectivity index (χ0n) is 9.05. The van der Waals surface area contributed by atoms with Crippen LogP contribution >= 0.6 is 27.5 Å². The Morgan fingerprint density at radius 3 is 2.78 bits per heavy atom. The molecule has 0 fully saturated rings. The Hall–Kier alpha value is -1.39. The van der Waals surface area contributed by atoms with E-state index in [0.29, 0.717) is 20.9 Å². The smallest absolute Gasteiger partial charge is 0.138 e. The number of hydrogen-bond acceptors (Lipinski definition) is 1. The summed E-state index contributed by atoms with van der Waals surface area (Å²) in [7, 11) is 0. The third kappa shape index (κ3) is 2.02.